The SMILES string of the molecule is COCCOCCCCNS(=O)(=O)C(C)CNC(C)C. The third-order valence-corrected chi connectivity index (χ3v) is 4.63. The van der Waals surface area contributed by atoms with Crippen molar-refractivity contribution >= 4 is 10.0 Å². The van der Waals surface area contributed by atoms with E-state index in [2.05, 4.69) is 10.0 Å². The van der Waals surface area contributed by atoms with Crippen LogP contribution >= 0.6 is 0 Å². The van der Waals surface area contributed by atoms with Crippen LogP contribution in [-0.4, -0.2) is 59.7 Å². The molecule has 1 unspecified atom stereocenters. The highest BCUT2D eigenvalue weighted by Crippen LogP contribution is 1.98. The summed E-state index contributed by atoms with van der Waals surface area (Å²) < 4.78 is 36.6. The molecular formula is C13H30N2O4S. The second kappa shape index (κ2) is 11.4. The molecule has 0 aromatic carbocycles. The molecule has 0 aliphatic carbocycles. The van der Waals surface area contributed by atoms with E-state index in [1.807, 2.05) is 13.8 Å². The van der Waals surface area contributed by atoms with E-state index in [1.165, 1.54) is 0 Å². The molecule has 0 saturated heterocycles. The van der Waals surface area contributed by atoms with Crippen molar-refractivity contribution < 1.29 is 17.9 Å². The summed E-state index contributed by atoms with van der Waals surface area (Å²) in [7, 11) is -1.60. The average molecular weight is 310 g/mol. The Morgan fingerprint density at radius 3 is 2.35 bits per heavy atom. The lowest BCUT2D eigenvalue weighted by Crippen LogP contribution is -2.41. The van der Waals surface area contributed by atoms with E-state index in [9.17, 15) is 8.42 Å². The first kappa shape index (κ1) is 19.8. The number of methoxy groups -OCH3 is 1. The van der Waals surface area contributed by atoms with E-state index in [4.69, 9.17) is 9.47 Å². The predicted octanol–water partition coefficient (Wildman–Crippen LogP) is 0.736. The van der Waals surface area contributed by atoms with Crippen LogP contribution in [0.25, 0.3) is 0 Å². The van der Waals surface area contributed by atoms with Crippen LogP contribution < -0.4 is 10.0 Å². The van der Waals surface area contributed by atoms with E-state index in [0.717, 1.165) is 12.8 Å². The summed E-state index contributed by atoms with van der Waals surface area (Å²) >= 11 is 0. The Kier molecular flexibility index (Phi) is 11.3. The summed E-state index contributed by atoms with van der Waals surface area (Å²) in [5.41, 5.74) is 0. The Morgan fingerprint density at radius 2 is 1.75 bits per heavy atom. The summed E-state index contributed by atoms with van der Waals surface area (Å²) in [5, 5.41) is 2.70. The summed E-state index contributed by atoms with van der Waals surface area (Å²) in [4.78, 5) is 0. The Labute approximate surface area is 123 Å². The standard InChI is InChI=1S/C13H30N2O4S/c1-12(2)14-11-13(3)20(16,17)15-7-5-6-8-19-10-9-18-4/h12-15H,5-11H2,1-4H3. The Hall–Kier alpha value is -0.210. The Bertz CT molecular complexity index is 320. The number of unbranched alkanes of at least 4 members (excludes halogenated alkanes) is 1. The molecule has 2 N–H and O–H groups in total. The number of hydrogen-bond acceptors (Lipinski definition) is 5. The zero-order chi connectivity index (χ0) is 15.4. The summed E-state index contributed by atoms with van der Waals surface area (Å²) in [5.74, 6) is 0. The topological polar surface area (TPSA) is 76.7 Å². The molecule has 0 fully saturated rings. The zero-order valence-corrected chi connectivity index (χ0v) is 14.0. The number of hydrogen-bond donors (Lipinski definition) is 2. The molecule has 20 heavy (non-hydrogen) atoms. The monoisotopic (exact) mass is 310 g/mol. The van der Waals surface area contributed by atoms with E-state index < -0.39 is 15.3 Å². The second-order valence-corrected chi connectivity index (χ2v) is 7.31. The normalized spacial score (nSPS) is 13.8. The van der Waals surface area contributed by atoms with Crippen LogP contribution in [0.1, 0.15) is 33.6 Å². The molecule has 0 aromatic heterocycles. The number of ether oxygens (including phenoxy) is 2. The van der Waals surface area contributed by atoms with Gasteiger partial charge in [-0.25, -0.2) is 13.1 Å². The molecule has 0 aliphatic rings. The molecule has 0 spiro atoms. The first-order valence-electron chi connectivity index (χ1n) is 7.18. The molecule has 0 radical (unpaired) electrons. The van der Waals surface area contributed by atoms with Crippen molar-refractivity contribution in [2.75, 3.05) is 40.0 Å². The fraction of sp³-hybridized carbons (Fsp3) is 1.00. The molecule has 6 nitrogen and oxygen atoms in total. The minimum absolute atomic E-state index is 0.289. The molecule has 0 heterocycles. The fourth-order valence-corrected chi connectivity index (χ4v) is 2.47. The molecule has 0 bridgehead atoms. The van der Waals surface area contributed by atoms with Crippen LogP contribution in [0.15, 0.2) is 0 Å². The van der Waals surface area contributed by atoms with Crippen molar-refractivity contribution in [3.8, 4) is 0 Å². The molecule has 0 aliphatic heterocycles. The van der Waals surface area contributed by atoms with Crippen molar-refractivity contribution in [2.45, 2.75) is 44.9 Å². The quantitative estimate of drug-likeness (QED) is 0.491. The minimum Gasteiger partial charge on any atom is -0.382 e. The first-order valence-corrected chi connectivity index (χ1v) is 8.73. The summed E-state index contributed by atoms with van der Waals surface area (Å²) in [6, 6.07) is 0.289. The lowest BCUT2D eigenvalue weighted by Gasteiger charge is -2.16. The molecule has 0 aromatic rings. The van der Waals surface area contributed by atoms with Gasteiger partial charge in [-0.3, -0.25) is 0 Å². The third kappa shape index (κ3) is 10.6. The minimum atomic E-state index is -3.23. The van der Waals surface area contributed by atoms with Crippen LogP contribution in [0.3, 0.4) is 0 Å². The number of sulfonamides is 1. The van der Waals surface area contributed by atoms with Crippen LogP contribution in [-0.2, 0) is 19.5 Å². The van der Waals surface area contributed by atoms with Crippen molar-refractivity contribution in [3.05, 3.63) is 0 Å². The van der Waals surface area contributed by atoms with Crippen molar-refractivity contribution in [3.63, 3.8) is 0 Å². The van der Waals surface area contributed by atoms with Gasteiger partial charge in [0.05, 0.1) is 18.5 Å². The second-order valence-electron chi connectivity index (χ2n) is 5.13. The highest BCUT2D eigenvalue weighted by molar-refractivity contribution is 7.90. The smallest absolute Gasteiger partial charge is 0.215 e. The highest BCUT2D eigenvalue weighted by atomic mass is 32.2. The molecule has 1 atom stereocenters. The van der Waals surface area contributed by atoms with Gasteiger partial charge in [0.1, 0.15) is 0 Å². The lowest BCUT2D eigenvalue weighted by molar-refractivity contribution is 0.0689. The van der Waals surface area contributed by atoms with Gasteiger partial charge in [0.15, 0.2) is 0 Å². The van der Waals surface area contributed by atoms with Gasteiger partial charge in [0.2, 0.25) is 10.0 Å². The van der Waals surface area contributed by atoms with E-state index in [1.54, 1.807) is 14.0 Å². The zero-order valence-electron chi connectivity index (χ0n) is 13.1. The van der Waals surface area contributed by atoms with Gasteiger partial charge in [-0.05, 0) is 19.8 Å². The van der Waals surface area contributed by atoms with Gasteiger partial charge in [0.25, 0.3) is 0 Å². The van der Waals surface area contributed by atoms with Gasteiger partial charge >= 0.3 is 0 Å². The largest absolute Gasteiger partial charge is 0.382 e. The van der Waals surface area contributed by atoms with Crippen LogP contribution in [0.2, 0.25) is 0 Å². The molecule has 122 valence electrons. The number of nitrogens with one attached hydrogen (secondary N) is 2. The fourth-order valence-electron chi connectivity index (χ4n) is 1.44. The van der Waals surface area contributed by atoms with Crippen molar-refractivity contribution in [1.29, 1.82) is 0 Å². The van der Waals surface area contributed by atoms with Crippen molar-refractivity contribution in [1.82, 2.24) is 10.0 Å². The van der Waals surface area contributed by atoms with Crippen LogP contribution in [0.4, 0.5) is 0 Å². The van der Waals surface area contributed by atoms with Gasteiger partial charge < -0.3 is 14.8 Å². The van der Waals surface area contributed by atoms with Crippen LogP contribution in [0, 0.1) is 0 Å². The molecule has 0 amide bonds. The van der Waals surface area contributed by atoms with Gasteiger partial charge in [-0.1, -0.05) is 13.8 Å². The first-order chi connectivity index (χ1) is 9.40. The summed E-state index contributed by atoms with van der Waals surface area (Å²) in [6.07, 6.45) is 1.61. The van der Waals surface area contributed by atoms with E-state index >= 15 is 0 Å². The molecule has 7 heteroatoms. The molecule has 0 rings (SSSR count). The van der Waals surface area contributed by atoms with Gasteiger partial charge in [-0.2, -0.15) is 0 Å². The third-order valence-electron chi connectivity index (χ3n) is 2.79. The maximum absolute atomic E-state index is 11.9. The highest BCUT2D eigenvalue weighted by Gasteiger charge is 2.19. The van der Waals surface area contributed by atoms with Gasteiger partial charge in [-0.15, -0.1) is 0 Å². The molecular weight excluding hydrogens is 280 g/mol. The van der Waals surface area contributed by atoms with E-state index in [0.29, 0.717) is 32.9 Å². The maximum atomic E-state index is 11.9. The summed E-state index contributed by atoms with van der Waals surface area (Å²) in [6.45, 7) is 8.44. The van der Waals surface area contributed by atoms with Crippen molar-refractivity contribution in [2.24, 2.45) is 0 Å². The van der Waals surface area contributed by atoms with Gasteiger partial charge in [0, 0.05) is 32.8 Å². The predicted molar refractivity (Wildman–Crippen MR) is 81.5 cm³/mol. The number of rotatable bonds is 13. The lowest BCUT2D eigenvalue weighted by atomic mass is 10.3. The Morgan fingerprint density at radius 1 is 1.05 bits per heavy atom. The van der Waals surface area contributed by atoms with E-state index in [-0.39, 0.29) is 6.04 Å². The molecule has 0 saturated carbocycles. The average Bonchev–Trinajstić information content (AvgIpc) is 2.38. The maximum Gasteiger partial charge on any atom is 0.215 e. The van der Waals surface area contributed by atoms with Crippen LogP contribution in [0.5, 0.6) is 0 Å². The Balaban J connectivity index is 3.66.